The van der Waals surface area contributed by atoms with Crippen LogP contribution < -0.4 is 11.2 Å². The largest absolute Gasteiger partial charge is 0.336 e. The Morgan fingerprint density at radius 1 is 1.18 bits per heavy atom. The van der Waals surface area contributed by atoms with E-state index in [0.29, 0.717) is 16.1 Å². The second-order valence-corrected chi connectivity index (χ2v) is 6.59. The molecule has 0 spiro atoms. The van der Waals surface area contributed by atoms with Crippen LogP contribution in [0.2, 0.25) is 0 Å². The third-order valence-electron chi connectivity index (χ3n) is 4.52. The summed E-state index contributed by atoms with van der Waals surface area (Å²) in [5, 5.41) is 0. The highest BCUT2D eigenvalue weighted by atomic mass is 16.2. The first-order chi connectivity index (χ1) is 21.5. The zero-order valence-electron chi connectivity index (χ0n) is 36.1. The number of H-pyrrole nitrogens is 1. The fourth-order valence-electron chi connectivity index (χ4n) is 3.29. The Bertz CT molecular complexity index is 1720. The number of fused-ring (bicyclic) bond motifs is 3. The van der Waals surface area contributed by atoms with Crippen LogP contribution >= 0.6 is 0 Å². The standard InChI is InChI=1S/C22H34N4O2/c1-5-7-25-18-17(19(27)26(8-6-2)21(25)28)23-20(24-18)22(4)12-15-9-14(3)10-16(11-15)13-22/h14-16H,5-13H2,1-4H3,(H,23,24)/i1D3,2D3,3D2,9D2,10D2,11D2,12D2,13D2,14D,15D,16D. The molecule has 154 valence electrons. The monoisotopic (exact) mass is 407 g/mol. The Morgan fingerprint density at radius 2 is 1.86 bits per heavy atom. The van der Waals surface area contributed by atoms with Crippen molar-refractivity contribution < 1.29 is 28.8 Å². The maximum absolute atomic E-state index is 13.6. The van der Waals surface area contributed by atoms with E-state index in [2.05, 4.69) is 9.97 Å². The van der Waals surface area contributed by atoms with Gasteiger partial charge in [-0.25, -0.2) is 9.78 Å². The Labute approximate surface area is 195 Å². The third-order valence-corrected chi connectivity index (χ3v) is 4.52. The molecule has 2 aliphatic rings. The van der Waals surface area contributed by atoms with Crippen LogP contribution in [0.25, 0.3) is 11.2 Å². The van der Waals surface area contributed by atoms with Crippen molar-refractivity contribution >= 4 is 11.2 Å². The summed E-state index contributed by atoms with van der Waals surface area (Å²) in [6, 6.07) is 0. The lowest BCUT2D eigenvalue weighted by Crippen LogP contribution is -2.40. The lowest BCUT2D eigenvalue weighted by molar-refractivity contribution is 0.0863. The number of hydrogen-bond donors (Lipinski definition) is 1. The first-order valence-corrected chi connectivity index (χ1v) is 8.63. The van der Waals surface area contributed by atoms with E-state index < -0.39 is 130 Å². The molecule has 4 rings (SSSR count). The summed E-state index contributed by atoms with van der Waals surface area (Å²) in [7, 11) is 0. The van der Waals surface area contributed by atoms with Crippen molar-refractivity contribution in [3.8, 4) is 0 Å². The van der Waals surface area contributed by atoms with Gasteiger partial charge in [0, 0.05) is 47.3 Å². The summed E-state index contributed by atoms with van der Waals surface area (Å²) < 4.78 is 178. The van der Waals surface area contributed by atoms with Gasteiger partial charge >= 0.3 is 5.69 Å². The van der Waals surface area contributed by atoms with Gasteiger partial charge in [-0.3, -0.25) is 13.9 Å². The van der Waals surface area contributed by atoms with Gasteiger partial charge in [0.1, 0.15) is 11.3 Å². The smallest absolute Gasteiger partial charge is 0.332 e. The number of imidazole rings is 1. The van der Waals surface area contributed by atoms with Gasteiger partial charge < -0.3 is 4.98 Å². The van der Waals surface area contributed by atoms with E-state index in [0.717, 1.165) is 0 Å². The van der Waals surface area contributed by atoms with E-state index in [-0.39, 0.29) is 0 Å². The minimum absolute atomic E-state index is 0.419. The SMILES string of the molecule is [2H]C([2H])C1([2H])C([2H])([2H])C2([2H])C([2H])([2H])C(C)(c3nc4c([nH]3)c(=O)n(CCC([2H])([2H])[2H])c(=O)n4CCC([2H])([2H])[2H])C([2H])([2H])C([2H])(C1([2H])[2H])C2([2H])[2H]. The predicted molar refractivity (Wildman–Crippen MR) is 112 cm³/mol. The molecule has 0 aliphatic heterocycles. The van der Waals surface area contributed by atoms with Crippen molar-refractivity contribution in [1.29, 1.82) is 0 Å². The number of nitrogens with one attached hydrogen (secondary N) is 1. The zero-order chi connectivity index (χ0) is 38.4. The van der Waals surface area contributed by atoms with Gasteiger partial charge in [0.15, 0.2) is 5.65 Å². The molecule has 2 atom stereocenters. The van der Waals surface area contributed by atoms with Crippen LogP contribution in [0.1, 0.15) is 107 Å². The van der Waals surface area contributed by atoms with Gasteiger partial charge in [-0.2, -0.15) is 0 Å². The maximum atomic E-state index is 13.6. The fraction of sp³-hybridized carbons (Fsp3) is 0.773. The van der Waals surface area contributed by atoms with Crippen LogP contribution in [0.5, 0.6) is 0 Å². The molecule has 6 heteroatoms. The van der Waals surface area contributed by atoms with Gasteiger partial charge in [-0.1, -0.05) is 27.5 Å². The number of aromatic nitrogens is 4. The van der Waals surface area contributed by atoms with E-state index in [1.54, 1.807) is 0 Å². The number of hydrogen-bond acceptors (Lipinski definition) is 3. The topological polar surface area (TPSA) is 72.7 Å². The van der Waals surface area contributed by atoms with Crippen LogP contribution in [0.3, 0.4) is 0 Å². The number of aryl methyl sites for hydroxylation is 1. The van der Waals surface area contributed by atoms with E-state index in [1.807, 2.05) is 0 Å². The summed E-state index contributed by atoms with van der Waals surface area (Å²) in [6.07, 6.45) is -21.9. The van der Waals surface area contributed by atoms with Gasteiger partial charge in [0.25, 0.3) is 5.56 Å². The van der Waals surface area contributed by atoms with Gasteiger partial charge in [0.2, 0.25) is 0 Å². The molecule has 0 amide bonds. The van der Waals surface area contributed by atoms with Crippen molar-refractivity contribution in [2.45, 2.75) is 90.7 Å². The van der Waals surface area contributed by atoms with Crippen molar-refractivity contribution in [3.63, 3.8) is 0 Å². The second kappa shape index (κ2) is 7.20. The van der Waals surface area contributed by atoms with E-state index in [4.69, 9.17) is 26.0 Å². The molecule has 2 fully saturated rings. The van der Waals surface area contributed by atoms with Crippen molar-refractivity contribution in [1.82, 2.24) is 19.1 Å². The third kappa shape index (κ3) is 3.15. The summed E-state index contributed by atoms with van der Waals surface area (Å²) in [5.41, 5.74) is -7.35. The molecule has 0 aromatic carbocycles. The Kier molecular flexibility index (Phi) is 1.69. The molecule has 2 aromatic rings. The van der Waals surface area contributed by atoms with Crippen LogP contribution in [-0.2, 0) is 18.5 Å². The molecular formula is C22H34N4O2. The Balaban J connectivity index is 2.19. The van der Waals surface area contributed by atoms with E-state index in [9.17, 15) is 12.3 Å². The molecular weight excluding hydrogens is 352 g/mol. The molecule has 1 N–H and O–H groups in total. The minimum atomic E-state index is -4.16. The molecule has 2 saturated carbocycles. The maximum Gasteiger partial charge on any atom is 0.332 e. The first-order valence-electron chi connectivity index (χ1n) is 19.3. The number of rotatable bonds is 5. The molecule has 0 saturated heterocycles. The van der Waals surface area contributed by atoms with Crippen molar-refractivity contribution in [2.24, 2.45) is 17.7 Å². The van der Waals surface area contributed by atoms with E-state index in [1.165, 1.54) is 0 Å². The summed E-state index contributed by atoms with van der Waals surface area (Å²) >= 11 is 0. The van der Waals surface area contributed by atoms with Gasteiger partial charge in [0.05, 0.1) is 0 Å². The highest BCUT2D eigenvalue weighted by Crippen LogP contribution is 2.50. The molecule has 6 nitrogen and oxygen atoms in total. The summed E-state index contributed by atoms with van der Waals surface area (Å²) in [5.74, 6) is -13.3. The average molecular weight is 408 g/mol. The van der Waals surface area contributed by atoms with Crippen LogP contribution in [0, 0.1) is 17.7 Å². The Morgan fingerprint density at radius 3 is 2.50 bits per heavy atom. The number of nitrogens with zero attached hydrogens (tertiary/aromatic N) is 3. The van der Waals surface area contributed by atoms with Crippen molar-refractivity contribution in [3.05, 3.63) is 26.7 Å². The molecule has 2 heterocycles. The summed E-state index contributed by atoms with van der Waals surface area (Å²) in [4.78, 5) is 33.5. The molecule has 28 heavy (non-hydrogen) atoms. The quantitative estimate of drug-likeness (QED) is 0.819. The van der Waals surface area contributed by atoms with E-state index >= 15 is 0 Å². The average Bonchev–Trinajstić information content (AvgIpc) is 3.37. The molecule has 2 unspecified atom stereocenters. The fourth-order valence-corrected chi connectivity index (χ4v) is 3.29. The Hall–Kier alpha value is -1.85. The predicted octanol–water partition coefficient (Wildman–Crippen LogP) is 3.81. The molecule has 2 aliphatic carbocycles. The van der Waals surface area contributed by atoms with Crippen LogP contribution in [-0.4, -0.2) is 19.1 Å². The minimum Gasteiger partial charge on any atom is -0.336 e. The van der Waals surface area contributed by atoms with Gasteiger partial charge in [-0.05, 0) is 62.4 Å². The molecule has 0 radical (unpaired) electrons. The lowest BCUT2D eigenvalue weighted by Gasteiger charge is -2.46. The highest BCUT2D eigenvalue weighted by molar-refractivity contribution is 5.70. The van der Waals surface area contributed by atoms with Crippen LogP contribution in [0.4, 0.5) is 0 Å². The molecule has 2 bridgehead atoms. The van der Waals surface area contributed by atoms with Gasteiger partial charge in [-0.15, -0.1) is 0 Å². The number of aromatic amines is 1. The second-order valence-electron chi connectivity index (χ2n) is 6.59. The normalized spacial score (nSPS) is 59.0. The summed E-state index contributed by atoms with van der Waals surface area (Å²) in [6.45, 7) is -9.08. The molecule has 2 aromatic heterocycles. The first kappa shape index (κ1) is 6.58. The lowest BCUT2D eigenvalue weighted by atomic mass is 9.59. The van der Waals surface area contributed by atoms with Crippen molar-refractivity contribution in [2.75, 3.05) is 0 Å². The highest BCUT2D eigenvalue weighted by Gasteiger charge is 2.43. The zero-order valence-corrected chi connectivity index (χ0v) is 15.1. The van der Waals surface area contributed by atoms with Crippen LogP contribution in [0.15, 0.2) is 9.59 Å².